The molecule has 0 saturated heterocycles. The van der Waals surface area contributed by atoms with Gasteiger partial charge in [0.1, 0.15) is 23.7 Å². The summed E-state index contributed by atoms with van der Waals surface area (Å²) in [7, 11) is 0. The second-order valence-corrected chi connectivity index (χ2v) is 5.10. The van der Waals surface area contributed by atoms with Crippen LogP contribution in [-0.4, -0.2) is 9.97 Å². The number of nitrogens with zero attached hydrogens (tertiary/aromatic N) is 2. The Kier molecular flexibility index (Phi) is 4.38. The molecule has 7 heteroatoms. The molecule has 2 N–H and O–H groups in total. The highest BCUT2D eigenvalue weighted by Crippen LogP contribution is 2.31. The van der Waals surface area contributed by atoms with E-state index in [0.29, 0.717) is 11.1 Å². The second-order valence-electron chi connectivity index (χ2n) is 5.10. The smallest absolute Gasteiger partial charge is 0.201 e. The third kappa shape index (κ3) is 3.30. The van der Waals surface area contributed by atoms with E-state index in [2.05, 4.69) is 16.5 Å². The fourth-order valence-electron chi connectivity index (χ4n) is 2.21. The van der Waals surface area contributed by atoms with E-state index in [0.717, 1.165) is 12.1 Å². The van der Waals surface area contributed by atoms with Gasteiger partial charge in [-0.05, 0) is 29.8 Å². The highest BCUT2D eigenvalue weighted by Gasteiger charge is 2.14. The fourth-order valence-corrected chi connectivity index (χ4v) is 2.21. The quantitative estimate of drug-likeness (QED) is 0.766. The fraction of sp³-hybridized carbons (Fsp3) is 0. The number of hydrogen-bond donors (Lipinski definition) is 1. The van der Waals surface area contributed by atoms with Crippen LogP contribution in [0.5, 0.6) is 11.5 Å². The molecule has 25 heavy (non-hydrogen) atoms. The molecule has 2 aromatic carbocycles. The zero-order valence-corrected chi connectivity index (χ0v) is 12.8. The van der Waals surface area contributed by atoms with Crippen LogP contribution in [0.15, 0.2) is 55.5 Å². The molecule has 0 amide bonds. The SMILES string of the molecule is C=C(c1ccc(Oc2cccc(F)c2F)cc1F)c1cncnc1N. The molecule has 4 nitrogen and oxygen atoms in total. The normalized spacial score (nSPS) is 10.5. The predicted molar refractivity (Wildman–Crippen MR) is 87.4 cm³/mol. The van der Waals surface area contributed by atoms with Gasteiger partial charge in [0.2, 0.25) is 5.82 Å². The van der Waals surface area contributed by atoms with E-state index in [4.69, 9.17) is 10.5 Å². The number of halogens is 3. The molecule has 126 valence electrons. The molecule has 0 bridgehead atoms. The topological polar surface area (TPSA) is 61.0 Å². The lowest BCUT2D eigenvalue weighted by atomic mass is 10.0. The van der Waals surface area contributed by atoms with E-state index in [1.165, 1.54) is 36.8 Å². The minimum Gasteiger partial charge on any atom is -0.454 e. The van der Waals surface area contributed by atoms with Gasteiger partial charge in [-0.1, -0.05) is 12.6 Å². The van der Waals surface area contributed by atoms with Crippen LogP contribution in [0, 0.1) is 17.5 Å². The number of hydrogen-bond acceptors (Lipinski definition) is 4. The Bertz CT molecular complexity index is 960. The Morgan fingerprint density at radius 3 is 2.56 bits per heavy atom. The molecule has 3 rings (SSSR count). The lowest BCUT2D eigenvalue weighted by Crippen LogP contribution is -2.00. The summed E-state index contributed by atoms with van der Waals surface area (Å²) in [5.41, 5.74) is 6.58. The lowest BCUT2D eigenvalue weighted by Gasteiger charge is -2.11. The van der Waals surface area contributed by atoms with E-state index >= 15 is 0 Å². The number of benzene rings is 2. The zero-order valence-electron chi connectivity index (χ0n) is 12.8. The molecule has 1 aromatic heterocycles. The number of nitrogen functional groups attached to an aromatic ring is 1. The van der Waals surface area contributed by atoms with Crippen LogP contribution in [0.4, 0.5) is 19.0 Å². The number of anilines is 1. The van der Waals surface area contributed by atoms with Crippen LogP contribution in [0.1, 0.15) is 11.1 Å². The summed E-state index contributed by atoms with van der Waals surface area (Å²) in [5.74, 6) is -3.03. The van der Waals surface area contributed by atoms with Crippen molar-refractivity contribution < 1.29 is 17.9 Å². The minimum absolute atomic E-state index is 0.0100. The molecular formula is C18H12F3N3O. The van der Waals surface area contributed by atoms with E-state index in [9.17, 15) is 13.2 Å². The van der Waals surface area contributed by atoms with Gasteiger partial charge in [0.15, 0.2) is 11.6 Å². The van der Waals surface area contributed by atoms with Crippen molar-refractivity contribution >= 4 is 11.4 Å². The van der Waals surface area contributed by atoms with Crippen LogP contribution in [0.2, 0.25) is 0 Å². The first kappa shape index (κ1) is 16.5. The van der Waals surface area contributed by atoms with Crippen LogP contribution in [-0.2, 0) is 0 Å². The molecule has 1 heterocycles. The standard InChI is InChI=1S/C18H12F3N3O/c1-10(13-8-23-9-24-18(13)22)12-6-5-11(7-15(12)20)25-16-4-2-3-14(19)17(16)21/h2-9H,1H2,(H2,22,23,24). The van der Waals surface area contributed by atoms with Gasteiger partial charge in [-0.15, -0.1) is 0 Å². The van der Waals surface area contributed by atoms with Crippen molar-refractivity contribution in [3.8, 4) is 11.5 Å². The van der Waals surface area contributed by atoms with E-state index in [1.807, 2.05) is 0 Å². The van der Waals surface area contributed by atoms with Gasteiger partial charge < -0.3 is 10.5 Å². The van der Waals surface area contributed by atoms with Gasteiger partial charge in [-0.3, -0.25) is 0 Å². The van der Waals surface area contributed by atoms with Crippen LogP contribution >= 0.6 is 0 Å². The Labute approximate surface area is 141 Å². The van der Waals surface area contributed by atoms with Gasteiger partial charge in [0.05, 0.1) is 0 Å². The van der Waals surface area contributed by atoms with Crippen molar-refractivity contribution in [2.45, 2.75) is 0 Å². The number of rotatable bonds is 4. The summed E-state index contributed by atoms with van der Waals surface area (Å²) in [6.45, 7) is 3.81. The van der Waals surface area contributed by atoms with Crippen LogP contribution in [0.3, 0.4) is 0 Å². The van der Waals surface area contributed by atoms with Gasteiger partial charge in [-0.2, -0.15) is 4.39 Å². The minimum atomic E-state index is -1.15. The largest absolute Gasteiger partial charge is 0.454 e. The maximum atomic E-state index is 14.4. The first-order valence-electron chi connectivity index (χ1n) is 7.14. The average Bonchev–Trinajstić information content (AvgIpc) is 2.59. The molecule has 3 aromatic rings. The molecule has 0 fully saturated rings. The molecule has 0 saturated carbocycles. The summed E-state index contributed by atoms with van der Waals surface area (Å²) in [6, 6.07) is 7.35. The predicted octanol–water partition coefficient (Wildman–Crippen LogP) is 4.33. The number of ether oxygens (including phenoxy) is 1. The Balaban J connectivity index is 1.90. The maximum Gasteiger partial charge on any atom is 0.201 e. The molecule has 0 unspecified atom stereocenters. The second kappa shape index (κ2) is 6.64. The summed E-state index contributed by atoms with van der Waals surface area (Å²) >= 11 is 0. The monoisotopic (exact) mass is 343 g/mol. The first-order valence-corrected chi connectivity index (χ1v) is 7.14. The van der Waals surface area contributed by atoms with Crippen molar-refractivity contribution in [1.82, 2.24) is 9.97 Å². The summed E-state index contributed by atoms with van der Waals surface area (Å²) in [4.78, 5) is 7.67. The van der Waals surface area contributed by atoms with Crippen molar-refractivity contribution in [3.63, 3.8) is 0 Å². The van der Waals surface area contributed by atoms with Crippen molar-refractivity contribution in [1.29, 1.82) is 0 Å². The lowest BCUT2D eigenvalue weighted by molar-refractivity contribution is 0.414. The average molecular weight is 343 g/mol. The molecule has 0 spiro atoms. The number of aromatic nitrogens is 2. The van der Waals surface area contributed by atoms with Crippen molar-refractivity contribution in [2.24, 2.45) is 0 Å². The first-order chi connectivity index (χ1) is 12.0. The highest BCUT2D eigenvalue weighted by molar-refractivity contribution is 5.82. The molecule has 0 aliphatic carbocycles. The Morgan fingerprint density at radius 2 is 1.84 bits per heavy atom. The molecular weight excluding hydrogens is 331 g/mol. The van der Waals surface area contributed by atoms with Crippen LogP contribution < -0.4 is 10.5 Å². The van der Waals surface area contributed by atoms with E-state index in [-0.39, 0.29) is 22.9 Å². The van der Waals surface area contributed by atoms with E-state index in [1.54, 1.807) is 0 Å². The number of nitrogens with two attached hydrogens (primary N) is 1. The highest BCUT2D eigenvalue weighted by atomic mass is 19.2. The van der Waals surface area contributed by atoms with Gasteiger partial charge in [0.25, 0.3) is 0 Å². The molecule has 0 radical (unpaired) electrons. The van der Waals surface area contributed by atoms with Crippen molar-refractivity contribution in [2.75, 3.05) is 5.73 Å². The summed E-state index contributed by atoms with van der Waals surface area (Å²) < 4.78 is 46.4. The zero-order chi connectivity index (χ0) is 18.0. The van der Waals surface area contributed by atoms with Gasteiger partial charge in [0, 0.05) is 23.4 Å². The molecule has 0 aliphatic heterocycles. The Morgan fingerprint density at radius 1 is 1.04 bits per heavy atom. The maximum absolute atomic E-state index is 14.4. The van der Waals surface area contributed by atoms with Gasteiger partial charge in [-0.25, -0.2) is 18.7 Å². The summed E-state index contributed by atoms with van der Waals surface area (Å²) in [5, 5.41) is 0. The van der Waals surface area contributed by atoms with Gasteiger partial charge >= 0.3 is 0 Å². The van der Waals surface area contributed by atoms with Crippen LogP contribution in [0.25, 0.3) is 5.57 Å². The van der Waals surface area contributed by atoms with E-state index < -0.39 is 17.5 Å². The third-order valence-electron chi connectivity index (χ3n) is 3.48. The molecule has 0 aliphatic rings. The Hall–Kier alpha value is -3.35. The van der Waals surface area contributed by atoms with Crippen molar-refractivity contribution in [3.05, 3.63) is 84.1 Å². The summed E-state index contributed by atoms with van der Waals surface area (Å²) in [6.07, 6.45) is 2.70. The molecule has 0 atom stereocenters. The third-order valence-corrected chi connectivity index (χ3v) is 3.48.